The normalized spacial score (nSPS) is 27.9. The lowest BCUT2D eigenvalue weighted by Gasteiger charge is -2.35. The summed E-state index contributed by atoms with van der Waals surface area (Å²) in [5.74, 6) is 2.90. The van der Waals surface area contributed by atoms with Crippen molar-refractivity contribution in [1.82, 2.24) is 5.32 Å². The van der Waals surface area contributed by atoms with Crippen LogP contribution in [0.25, 0.3) is 0 Å². The lowest BCUT2D eigenvalue weighted by Crippen LogP contribution is -2.35. The van der Waals surface area contributed by atoms with E-state index in [1.165, 1.54) is 19.3 Å². The molecule has 120 valence electrons. The molecule has 0 heterocycles. The van der Waals surface area contributed by atoms with Crippen molar-refractivity contribution >= 4 is 9.84 Å². The Morgan fingerprint density at radius 2 is 1.90 bits per heavy atom. The van der Waals surface area contributed by atoms with Crippen molar-refractivity contribution in [2.24, 2.45) is 17.8 Å². The van der Waals surface area contributed by atoms with Crippen LogP contribution in [0.15, 0.2) is 0 Å². The maximum atomic E-state index is 11.6. The fourth-order valence-electron chi connectivity index (χ4n) is 3.28. The molecule has 1 fully saturated rings. The minimum atomic E-state index is -2.79. The van der Waals surface area contributed by atoms with Gasteiger partial charge in [-0.1, -0.05) is 34.1 Å². The Morgan fingerprint density at radius 3 is 2.50 bits per heavy atom. The van der Waals surface area contributed by atoms with E-state index in [1.54, 1.807) is 6.92 Å². The molecule has 1 N–H and O–H groups in total. The Bertz CT molecular complexity index is 365. The van der Waals surface area contributed by atoms with E-state index in [2.05, 4.69) is 26.1 Å². The molecule has 0 aliphatic heterocycles. The summed E-state index contributed by atoms with van der Waals surface area (Å²) in [5.41, 5.74) is 0. The molecule has 0 aromatic rings. The molecule has 0 radical (unpaired) electrons. The van der Waals surface area contributed by atoms with Crippen molar-refractivity contribution in [2.75, 3.05) is 18.1 Å². The number of hydrogen-bond donors (Lipinski definition) is 1. The summed E-state index contributed by atoms with van der Waals surface area (Å²) in [5, 5.41) is 3.56. The summed E-state index contributed by atoms with van der Waals surface area (Å²) >= 11 is 0. The Morgan fingerprint density at radius 1 is 1.20 bits per heavy atom. The van der Waals surface area contributed by atoms with E-state index < -0.39 is 9.84 Å². The highest BCUT2D eigenvalue weighted by atomic mass is 32.2. The Kier molecular flexibility index (Phi) is 7.52. The molecular weight excluding hydrogens is 270 g/mol. The average Bonchev–Trinajstić information content (AvgIpc) is 2.37. The molecule has 0 aromatic carbocycles. The van der Waals surface area contributed by atoms with Crippen LogP contribution in [0.1, 0.15) is 59.8 Å². The van der Waals surface area contributed by atoms with Crippen molar-refractivity contribution in [1.29, 1.82) is 0 Å². The van der Waals surface area contributed by atoms with Gasteiger partial charge in [0.25, 0.3) is 0 Å². The third-order valence-electron chi connectivity index (χ3n) is 4.66. The monoisotopic (exact) mass is 303 g/mol. The molecule has 3 atom stereocenters. The fraction of sp³-hybridized carbons (Fsp3) is 1.00. The van der Waals surface area contributed by atoms with Gasteiger partial charge in [-0.2, -0.15) is 0 Å². The van der Waals surface area contributed by atoms with E-state index in [0.717, 1.165) is 31.2 Å². The molecule has 0 saturated heterocycles. The second-order valence-electron chi connectivity index (χ2n) is 6.88. The first-order valence-corrected chi connectivity index (χ1v) is 10.1. The van der Waals surface area contributed by atoms with E-state index >= 15 is 0 Å². The van der Waals surface area contributed by atoms with Crippen LogP contribution in [-0.2, 0) is 9.84 Å². The predicted octanol–water partition coefficient (Wildman–Crippen LogP) is 3.25. The smallest absolute Gasteiger partial charge is 0.150 e. The van der Waals surface area contributed by atoms with Gasteiger partial charge < -0.3 is 5.32 Å². The van der Waals surface area contributed by atoms with E-state index in [9.17, 15) is 8.42 Å². The number of hydrogen-bond acceptors (Lipinski definition) is 3. The Balaban J connectivity index is 2.44. The maximum absolute atomic E-state index is 11.6. The fourth-order valence-corrected chi connectivity index (χ4v) is 4.18. The van der Waals surface area contributed by atoms with Crippen LogP contribution < -0.4 is 5.32 Å². The highest BCUT2D eigenvalue weighted by Gasteiger charge is 2.28. The first-order valence-electron chi connectivity index (χ1n) is 8.27. The third-order valence-corrected chi connectivity index (χ3v) is 6.45. The third kappa shape index (κ3) is 6.57. The summed E-state index contributed by atoms with van der Waals surface area (Å²) in [6, 6.07) is 0.537. The van der Waals surface area contributed by atoms with Crippen LogP contribution in [0.3, 0.4) is 0 Å². The maximum Gasteiger partial charge on any atom is 0.150 e. The standard InChI is InChI=1S/C16H33NO2S/c1-5-20(18,19)10-6-7-15-11-14(4)8-9-16(15)12-17-13(2)3/h13-17H,5-12H2,1-4H3. The van der Waals surface area contributed by atoms with Crippen LogP contribution in [0.2, 0.25) is 0 Å². The highest BCUT2D eigenvalue weighted by Crippen LogP contribution is 2.36. The molecule has 1 aliphatic rings. The summed E-state index contributed by atoms with van der Waals surface area (Å²) in [6.07, 6.45) is 5.82. The largest absolute Gasteiger partial charge is 0.314 e. The molecule has 1 aliphatic carbocycles. The van der Waals surface area contributed by atoms with Gasteiger partial charge in [-0.15, -0.1) is 0 Å². The SMILES string of the molecule is CCS(=O)(=O)CCCC1CC(C)CCC1CNC(C)C. The lowest BCUT2D eigenvalue weighted by molar-refractivity contribution is 0.171. The van der Waals surface area contributed by atoms with Crippen molar-refractivity contribution in [3.8, 4) is 0 Å². The van der Waals surface area contributed by atoms with Crippen molar-refractivity contribution < 1.29 is 8.42 Å². The van der Waals surface area contributed by atoms with Gasteiger partial charge in [0, 0.05) is 11.8 Å². The van der Waals surface area contributed by atoms with Gasteiger partial charge in [-0.3, -0.25) is 0 Å². The number of rotatable bonds is 8. The van der Waals surface area contributed by atoms with Gasteiger partial charge in [0.2, 0.25) is 0 Å². The summed E-state index contributed by atoms with van der Waals surface area (Å²) in [4.78, 5) is 0. The highest BCUT2D eigenvalue weighted by molar-refractivity contribution is 7.91. The van der Waals surface area contributed by atoms with Crippen molar-refractivity contribution in [3.63, 3.8) is 0 Å². The minimum Gasteiger partial charge on any atom is -0.314 e. The minimum absolute atomic E-state index is 0.284. The molecule has 20 heavy (non-hydrogen) atoms. The summed E-state index contributed by atoms with van der Waals surface area (Å²) < 4.78 is 23.2. The zero-order chi connectivity index (χ0) is 15.2. The Labute approximate surface area is 125 Å². The number of nitrogens with one attached hydrogen (secondary N) is 1. The van der Waals surface area contributed by atoms with Crippen molar-refractivity contribution in [3.05, 3.63) is 0 Å². The Hall–Kier alpha value is -0.0900. The first kappa shape index (κ1) is 18.0. The molecule has 0 bridgehead atoms. The second-order valence-corrected chi connectivity index (χ2v) is 9.35. The van der Waals surface area contributed by atoms with Gasteiger partial charge >= 0.3 is 0 Å². The molecular formula is C16H33NO2S. The van der Waals surface area contributed by atoms with Gasteiger partial charge in [0.15, 0.2) is 0 Å². The van der Waals surface area contributed by atoms with E-state index in [-0.39, 0.29) is 5.75 Å². The number of sulfone groups is 1. The molecule has 0 spiro atoms. The van der Waals surface area contributed by atoms with Crippen molar-refractivity contribution in [2.45, 2.75) is 65.8 Å². The molecule has 1 saturated carbocycles. The van der Waals surface area contributed by atoms with E-state index in [1.807, 2.05) is 0 Å². The molecule has 3 unspecified atom stereocenters. The van der Waals surface area contributed by atoms with Crippen LogP contribution in [0, 0.1) is 17.8 Å². The topological polar surface area (TPSA) is 46.2 Å². The molecule has 0 amide bonds. The van der Waals surface area contributed by atoms with Gasteiger partial charge in [-0.25, -0.2) is 8.42 Å². The summed E-state index contributed by atoms with van der Waals surface area (Å²) in [6.45, 7) is 9.55. The molecule has 0 aromatic heterocycles. The van der Waals surface area contributed by atoms with Crippen LogP contribution in [0.5, 0.6) is 0 Å². The zero-order valence-corrected chi connectivity index (χ0v) is 14.5. The van der Waals surface area contributed by atoms with Gasteiger partial charge in [0.1, 0.15) is 9.84 Å². The molecule has 1 rings (SSSR count). The summed E-state index contributed by atoms with van der Waals surface area (Å²) in [7, 11) is -2.79. The van der Waals surface area contributed by atoms with Crippen LogP contribution in [-0.4, -0.2) is 32.5 Å². The van der Waals surface area contributed by atoms with Gasteiger partial charge in [-0.05, 0) is 50.0 Å². The quantitative estimate of drug-likeness (QED) is 0.748. The van der Waals surface area contributed by atoms with E-state index in [0.29, 0.717) is 17.7 Å². The zero-order valence-electron chi connectivity index (χ0n) is 13.7. The van der Waals surface area contributed by atoms with Crippen LogP contribution in [0.4, 0.5) is 0 Å². The average molecular weight is 304 g/mol. The molecule has 4 heteroatoms. The predicted molar refractivity (Wildman–Crippen MR) is 86.7 cm³/mol. The van der Waals surface area contributed by atoms with Gasteiger partial charge in [0.05, 0.1) is 5.75 Å². The second kappa shape index (κ2) is 8.38. The lowest BCUT2D eigenvalue weighted by atomic mass is 9.73. The van der Waals surface area contributed by atoms with Crippen LogP contribution >= 0.6 is 0 Å². The molecule has 3 nitrogen and oxygen atoms in total. The first-order chi connectivity index (χ1) is 9.34. The van der Waals surface area contributed by atoms with E-state index in [4.69, 9.17) is 0 Å².